The number of rotatable bonds is 2. The van der Waals surface area contributed by atoms with Gasteiger partial charge < -0.3 is 4.90 Å². The summed E-state index contributed by atoms with van der Waals surface area (Å²) in [7, 11) is 3.74. The Labute approximate surface area is 90.3 Å². The van der Waals surface area contributed by atoms with Crippen molar-refractivity contribution in [3.8, 4) is 0 Å². The Balaban J connectivity index is 3.06. The summed E-state index contributed by atoms with van der Waals surface area (Å²) in [5.41, 5.74) is 0.00767. The van der Waals surface area contributed by atoms with Gasteiger partial charge in [-0.05, 0) is 0 Å². The third kappa shape index (κ3) is 2.75. The summed E-state index contributed by atoms with van der Waals surface area (Å²) in [5, 5.41) is 0. The summed E-state index contributed by atoms with van der Waals surface area (Å²) < 4.78 is 0. The second-order valence-electron chi connectivity index (χ2n) is 4.74. The van der Waals surface area contributed by atoms with E-state index in [1.807, 2.05) is 39.8 Å². The normalized spacial score (nSPS) is 11.3. The average molecular weight is 207 g/mol. The van der Waals surface area contributed by atoms with Crippen LogP contribution >= 0.6 is 0 Å². The van der Waals surface area contributed by atoms with Crippen LogP contribution in [0, 0.1) is 5.41 Å². The zero-order valence-corrected chi connectivity index (χ0v) is 9.90. The van der Waals surface area contributed by atoms with Gasteiger partial charge in [-0.2, -0.15) is 0 Å². The Kier molecular flexibility index (Phi) is 3.07. The summed E-state index contributed by atoms with van der Waals surface area (Å²) >= 11 is 0. The molecule has 0 radical (unpaired) electrons. The number of carbonyl (C=O) groups excluding carboxylic acids is 1. The van der Waals surface area contributed by atoms with Gasteiger partial charge in [-0.1, -0.05) is 20.8 Å². The number of Topliss-reactive ketones (excluding diaryl/α,β-unsaturated/α-hetero) is 1. The lowest BCUT2D eigenvalue weighted by Gasteiger charge is -2.17. The Hall–Kier alpha value is -1.45. The van der Waals surface area contributed by atoms with Gasteiger partial charge in [-0.25, -0.2) is 4.98 Å². The molecule has 0 spiro atoms. The van der Waals surface area contributed by atoms with Crippen molar-refractivity contribution in [3.63, 3.8) is 0 Å². The highest BCUT2D eigenvalue weighted by atomic mass is 16.1. The predicted molar refractivity (Wildman–Crippen MR) is 60.1 cm³/mol. The van der Waals surface area contributed by atoms with Crippen molar-refractivity contribution < 1.29 is 4.79 Å². The van der Waals surface area contributed by atoms with Gasteiger partial charge in [0.25, 0.3) is 0 Å². The Morgan fingerprint density at radius 3 is 2.33 bits per heavy atom. The molecule has 0 N–H and O–H groups in total. The molecule has 1 aromatic rings. The standard InChI is InChI=1S/C11H17N3O/c1-11(2,3)10(15)8-6-12-7-9(13-8)14(4)5/h6-7H,1-5H3. The van der Waals surface area contributed by atoms with E-state index in [4.69, 9.17) is 0 Å². The summed E-state index contributed by atoms with van der Waals surface area (Å²) in [5.74, 6) is 0.712. The molecular formula is C11H17N3O. The number of aromatic nitrogens is 2. The number of hydrogen-bond donors (Lipinski definition) is 0. The first-order valence-electron chi connectivity index (χ1n) is 4.86. The van der Waals surface area contributed by atoms with E-state index in [0.717, 1.165) is 0 Å². The second kappa shape index (κ2) is 3.96. The summed E-state index contributed by atoms with van der Waals surface area (Å²) in [6.45, 7) is 5.62. The molecule has 82 valence electrons. The molecule has 0 saturated heterocycles. The minimum Gasteiger partial charge on any atom is -0.361 e. The van der Waals surface area contributed by atoms with Crippen LogP contribution < -0.4 is 4.90 Å². The van der Waals surface area contributed by atoms with E-state index in [1.54, 1.807) is 6.20 Å². The van der Waals surface area contributed by atoms with Crippen LogP contribution in [-0.2, 0) is 0 Å². The molecule has 0 unspecified atom stereocenters. The van der Waals surface area contributed by atoms with Crippen LogP contribution in [0.15, 0.2) is 12.4 Å². The van der Waals surface area contributed by atoms with E-state index in [0.29, 0.717) is 11.5 Å². The van der Waals surface area contributed by atoms with Crippen LogP contribution in [0.1, 0.15) is 31.3 Å². The van der Waals surface area contributed by atoms with Crippen molar-refractivity contribution in [1.82, 2.24) is 9.97 Å². The molecular weight excluding hydrogens is 190 g/mol. The van der Waals surface area contributed by atoms with E-state index in [1.165, 1.54) is 6.20 Å². The number of ketones is 1. The molecule has 0 atom stereocenters. The molecule has 0 aliphatic rings. The molecule has 0 aromatic carbocycles. The van der Waals surface area contributed by atoms with Crippen molar-refractivity contribution in [2.45, 2.75) is 20.8 Å². The predicted octanol–water partition coefficient (Wildman–Crippen LogP) is 1.77. The number of hydrogen-bond acceptors (Lipinski definition) is 4. The van der Waals surface area contributed by atoms with Crippen molar-refractivity contribution in [2.24, 2.45) is 5.41 Å². The van der Waals surface area contributed by atoms with E-state index in [-0.39, 0.29) is 5.78 Å². The van der Waals surface area contributed by atoms with Gasteiger partial charge >= 0.3 is 0 Å². The fourth-order valence-electron chi connectivity index (χ4n) is 1.06. The van der Waals surface area contributed by atoms with Gasteiger partial charge in [0.15, 0.2) is 5.78 Å². The van der Waals surface area contributed by atoms with E-state index < -0.39 is 5.41 Å². The molecule has 1 heterocycles. The molecule has 0 aliphatic carbocycles. The van der Waals surface area contributed by atoms with Crippen molar-refractivity contribution in [1.29, 1.82) is 0 Å². The highest BCUT2D eigenvalue weighted by Crippen LogP contribution is 2.20. The lowest BCUT2D eigenvalue weighted by atomic mass is 9.89. The van der Waals surface area contributed by atoms with Crippen molar-refractivity contribution in [3.05, 3.63) is 18.1 Å². The van der Waals surface area contributed by atoms with Crippen molar-refractivity contribution in [2.75, 3.05) is 19.0 Å². The smallest absolute Gasteiger partial charge is 0.188 e. The SMILES string of the molecule is CN(C)c1cncc(C(=O)C(C)(C)C)n1. The maximum atomic E-state index is 11.9. The molecule has 1 rings (SSSR count). The monoisotopic (exact) mass is 207 g/mol. The summed E-state index contributed by atoms with van der Waals surface area (Å²) in [4.78, 5) is 22.0. The van der Waals surface area contributed by atoms with Gasteiger partial charge in [-0.15, -0.1) is 0 Å². The maximum Gasteiger partial charge on any atom is 0.188 e. The van der Waals surface area contributed by atoms with E-state index in [9.17, 15) is 4.79 Å². The Bertz CT molecular complexity index is 366. The lowest BCUT2D eigenvalue weighted by Crippen LogP contribution is -2.22. The van der Waals surface area contributed by atoms with E-state index >= 15 is 0 Å². The third-order valence-corrected chi connectivity index (χ3v) is 1.99. The fourth-order valence-corrected chi connectivity index (χ4v) is 1.06. The zero-order valence-electron chi connectivity index (χ0n) is 9.90. The van der Waals surface area contributed by atoms with E-state index in [2.05, 4.69) is 9.97 Å². The van der Waals surface area contributed by atoms with Crippen LogP contribution in [0.5, 0.6) is 0 Å². The number of anilines is 1. The molecule has 1 aromatic heterocycles. The molecule has 0 bridgehead atoms. The molecule has 0 amide bonds. The third-order valence-electron chi connectivity index (χ3n) is 1.99. The molecule has 0 aliphatic heterocycles. The first kappa shape index (κ1) is 11.6. The second-order valence-corrected chi connectivity index (χ2v) is 4.74. The van der Waals surface area contributed by atoms with Crippen molar-refractivity contribution >= 4 is 11.6 Å². The minimum absolute atomic E-state index is 0.0127. The maximum absolute atomic E-state index is 11.9. The van der Waals surface area contributed by atoms with Crippen LogP contribution in [0.25, 0.3) is 0 Å². The lowest BCUT2D eigenvalue weighted by molar-refractivity contribution is 0.0852. The average Bonchev–Trinajstić information content (AvgIpc) is 2.15. The number of carbonyl (C=O) groups is 1. The Morgan fingerprint density at radius 2 is 1.87 bits per heavy atom. The highest BCUT2D eigenvalue weighted by molar-refractivity contribution is 5.98. The first-order chi connectivity index (χ1) is 6.82. The van der Waals surface area contributed by atoms with Gasteiger partial charge in [0.05, 0.1) is 12.4 Å². The summed E-state index contributed by atoms with van der Waals surface area (Å²) in [6.07, 6.45) is 3.15. The van der Waals surface area contributed by atoms with Gasteiger partial charge in [-0.3, -0.25) is 9.78 Å². The van der Waals surface area contributed by atoms with Crippen LogP contribution in [0.4, 0.5) is 5.82 Å². The largest absolute Gasteiger partial charge is 0.361 e. The topological polar surface area (TPSA) is 46.1 Å². The first-order valence-corrected chi connectivity index (χ1v) is 4.86. The molecule has 0 saturated carbocycles. The molecule has 15 heavy (non-hydrogen) atoms. The molecule has 4 nitrogen and oxygen atoms in total. The van der Waals surface area contributed by atoms with Crippen LogP contribution in [0.2, 0.25) is 0 Å². The summed E-state index contributed by atoms with van der Waals surface area (Å²) in [6, 6.07) is 0. The quantitative estimate of drug-likeness (QED) is 0.693. The van der Waals surface area contributed by atoms with Gasteiger partial charge in [0.1, 0.15) is 11.5 Å². The molecule has 4 heteroatoms. The Morgan fingerprint density at radius 1 is 1.27 bits per heavy atom. The van der Waals surface area contributed by atoms with Crippen LogP contribution in [0.3, 0.4) is 0 Å². The fraction of sp³-hybridized carbons (Fsp3) is 0.545. The van der Waals surface area contributed by atoms with Crippen LogP contribution in [-0.4, -0.2) is 29.8 Å². The minimum atomic E-state index is -0.417. The van der Waals surface area contributed by atoms with Gasteiger partial charge in [0.2, 0.25) is 0 Å². The molecule has 0 fully saturated rings. The highest BCUT2D eigenvalue weighted by Gasteiger charge is 2.24. The number of nitrogens with zero attached hydrogens (tertiary/aromatic N) is 3. The zero-order chi connectivity index (χ0) is 11.6. The van der Waals surface area contributed by atoms with Gasteiger partial charge in [0, 0.05) is 19.5 Å².